The molecule has 0 heterocycles. The van der Waals surface area contributed by atoms with Crippen molar-refractivity contribution >= 4 is 5.91 Å². The first kappa shape index (κ1) is 20.6. The maximum Gasteiger partial charge on any atom is 0.250 e. The Morgan fingerprint density at radius 1 is 0.862 bits per heavy atom. The number of carbonyl (C=O) groups excluding carboxylic acids is 1. The summed E-state index contributed by atoms with van der Waals surface area (Å²) in [6.45, 7) is 2.48. The summed E-state index contributed by atoms with van der Waals surface area (Å²) in [5, 5.41) is 11.3. The Labute approximate surface area is 172 Å². The highest BCUT2D eigenvalue weighted by atomic mass is 16.5. The molecule has 0 aliphatic carbocycles. The van der Waals surface area contributed by atoms with E-state index in [1.54, 1.807) is 0 Å². The van der Waals surface area contributed by atoms with Gasteiger partial charge in [-0.05, 0) is 41.7 Å². The van der Waals surface area contributed by atoms with Gasteiger partial charge in [-0.15, -0.1) is 0 Å². The molecule has 0 spiro atoms. The van der Waals surface area contributed by atoms with Crippen LogP contribution in [0.3, 0.4) is 0 Å². The number of amides is 1. The van der Waals surface area contributed by atoms with E-state index in [1.165, 1.54) is 0 Å². The third-order valence-corrected chi connectivity index (χ3v) is 4.91. The van der Waals surface area contributed by atoms with E-state index >= 15 is 0 Å². The molecule has 0 saturated heterocycles. The molecular weight excluding hydrogens is 362 g/mol. The van der Waals surface area contributed by atoms with Gasteiger partial charge in [0.25, 0.3) is 5.91 Å². The first-order valence-electron chi connectivity index (χ1n) is 9.96. The highest BCUT2D eigenvalue weighted by Crippen LogP contribution is 2.16. The highest BCUT2D eigenvalue weighted by Gasteiger charge is 2.21. The average molecular weight is 389 g/mol. The van der Waals surface area contributed by atoms with Crippen molar-refractivity contribution in [3.8, 4) is 5.75 Å². The quantitative estimate of drug-likeness (QED) is 0.412. The number of carbonyl (C=O) groups is 1. The van der Waals surface area contributed by atoms with Crippen LogP contribution >= 0.6 is 0 Å². The Bertz CT molecular complexity index is 879. The van der Waals surface area contributed by atoms with Crippen molar-refractivity contribution in [2.45, 2.75) is 38.8 Å². The van der Waals surface area contributed by atoms with Crippen LogP contribution in [0.2, 0.25) is 0 Å². The lowest BCUT2D eigenvalue weighted by Gasteiger charge is -2.25. The average Bonchev–Trinajstić information content (AvgIpc) is 2.78. The first-order chi connectivity index (χ1) is 14.2. The maximum atomic E-state index is 12.5. The summed E-state index contributed by atoms with van der Waals surface area (Å²) in [5.41, 5.74) is 3.05. The molecule has 0 saturated carbocycles. The van der Waals surface area contributed by atoms with Crippen LogP contribution < -0.4 is 4.74 Å². The molecule has 0 aliphatic rings. The van der Waals surface area contributed by atoms with Crippen LogP contribution in [0.25, 0.3) is 0 Å². The van der Waals surface area contributed by atoms with Crippen molar-refractivity contribution in [2.24, 2.45) is 0 Å². The summed E-state index contributed by atoms with van der Waals surface area (Å²) in [6.07, 6.45) is 1.47. The highest BCUT2D eigenvalue weighted by molar-refractivity contribution is 5.78. The van der Waals surface area contributed by atoms with Gasteiger partial charge in [0.15, 0.2) is 0 Å². The predicted octanol–water partition coefficient (Wildman–Crippen LogP) is 5.05. The molecule has 0 aliphatic heterocycles. The number of hydrogen-bond acceptors (Lipinski definition) is 3. The second-order valence-corrected chi connectivity index (χ2v) is 7.09. The number of rotatable bonds is 9. The summed E-state index contributed by atoms with van der Waals surface area (Å²) < 4.78 is 5.78. The van der Waals surface area contributed by atoms with Crippen molar-refractivity contribution in [1.82, 2.24) is 5.06 Å². The van der Waals surface area contributed by atoms with E-state index in [-0.39, 0.29) is 18.4 Å². The van der Waals surface area contributed by atoms with E-state index in [9.17, 15) is 10.0 Å². The van der Waals surface area contributed by atoms with Crippen LogP contribution in [0.15, 0.2) is 84.9 Å². The number of nitrogens with zero attached hydrogens (tertiary/aromatic N) is 1. The maximum absolute atomic E-state index is 12.5. The zero-order valence-corrected chi connectivity index (χ0v) is 16.7. The van der Waals surface area contributed by atoms with Gasteiger partial charge in [-0.25, -0.2) is 5.06 Å². The van der Waals surface area contributed by atoms with Crippen LogP contribution in [0, 0.1) is 0 Å². The van der Waals surface area contributed by atoms with E-state index in [1.807, 2.05) is 91.9 Å². The van der Waals surface area contributed by atoms with Gasteiger partial charge >= 0.3 is 0 Å². The minimum absolute atomic E-state index is 0.154. The second-order valence-electron chi connectivity index (χ2n) is 7.09. The van der Waals surface area contributed by atoms with E-state index in [2.05, 4.69) is 0 Å². The molecular formula is C25H27NO3. The van der Waals surface area contributed by atoms with Crippen LogP contribution in [0.4, 0.5) is 0 Å². The SMILES string of the molecule is CCC(Cc1ccccc1)N(O)C(=O)Cc1ccc(OCc2ccccc2)cc1. The molecule has 0 radical (unpaired) electrons. The Balaban J connectivity index is 1.53. The smallest absolute Gasteiger partial charge is 0.250 e. The molecule has 1 N–H and O–H groups in total. The zero-order chi connectivity index (χ0) is 20.5. The fourth-order valence-electron chi connectivity index (χ4n) is 3.19. The molecule has 1 amide bonds. The normalized spacial score (nSPS) is 11.7. The Hall–Kier alpha value is -3.11. The summed E-state index contributed by atoms with van der Waals surface area (Å²) in [6, 6.07) is 27.1. The summed E-state index contributed by atoms with van der Waals surface area (Å²) in [5.74, 6) is 0.451. The molecule has 3 aromatic carbocycles. The molecule has 3 rings (SSSR count). The van der Waals surface area contributed by atoms with Gasteiger partial charge in [0.2, 0.25) is 0 Å². The van der Waals surface area contributed by atoms with Crippen LogP contribution in [0.5, 0.6) is 5.75 Å². The van der Waals surface area contributed by atoms with Gasteiger partial charge in [0.05, 0.1) is 12.5 Å². The van der Waals surface area contributed by atoms with E-state index in [0.717, 1.165) is 27.5 Å². The van der Waals surface area contributed by atoms with Gasteiger partial charge < -0.3 is 4.74 Å². The topological polar surface area (TPSA) is 49.8 Å². The van der Waals surface area contributed by atoms with E-state index in [0.29, 0.717) is 19.4 Å². The fraction of sp³-hybridized carbons (Fsp3) is 0.240. The minimum Gasteiger partial charge on any atom is -0.489 e. The lowest BCUT2D eigenvalue weighted by atomic mass is 10.0. The Morgan fingerprint density at radius 2 is 1.45 bits per heavy atom. The molecule has 1 atom stereocenters. The van der Waals surface area contributed by atoms with Crippen LogP contribution in [-0.2, 0) is 24.2 Å². The van der Waals surface area contributed by atoms with E-state index in [4.69, 9.17) is 4.74 Å². The third-order valence-electron chi connectivity index (χ3n) is 4.91. The largest absolute Gasteiger partial charge is 0.489 e. The van der Waals surface area contributed by atoms with Crippen molar-refractivity contribution in [3.05, 3.63) is 102 Å². The number of hydroxylamine groups is 2. The van der Waals surface area contributed by atoms with Gasteiger partial charge in [-0.2, -0.15) is 0 Å². The number of hydrogen-bond donors (Lipinski definition) is 1. The summed E-state index contributed by atoms with van der Waals surface area (Å²) in [4.78, 5) is 12.5. The van der Waals surface area contributed by atoms with Crippen molar-refractivity contribution in [1.29, 1.82) is 0 Å². The van der Waals surface area contributed by atoms with Gasteiger partial charge in [0, 0.05) is 0 Å². The second kappa shape index (κ2) is 10.4. The first-order valence-corrected chi connectivity index (χ1v) is 9.96. The standard InChI is InChI=1S/C25H27NO3/c1-2-23(17-20-9-5-3-6-10-20)26(28)25(27)18-21-13-15-24(16-14-21)29-19-22-11-7-4-8-12-22/h3-16,23,28H,2,17-19H2,1H3. The molecule has 0 aromatic heterocycles. The fourth-order valence-corrected chi connectivity index (χ4v) is 3.19. The van der Waals surface area contributed by atoms with Gasteiger partial charge in [-0.3, -0.25) is 10.0 Å². The molecule has 0 bridgehead atoms. The molecule has 150 valence electrons. The minimum atomic E-state index is -0.300. The summed E-state index contributed by atoms with van der Waals surface area (Å²) >= 11 is 0. The lowest BCUT2D eigenvalue weighted by Crippen LogP contribution is -2.39. The molecule has 0 fully saturated rings. The summed E-state index contributed by atoms with van der Waals surface area (Å²) in [7, 11) is 0. The molecule has 4 heteroatoms. The third kappa shape index (κ3) is 6.19. The molecule has 4 nitrogen and oxygen atoms in total. The van der Waals surface area contributed by atoms with Crippen molar-refractivity contribution in [2.75, 3.05) is 0 Å². The molecule has 1 unspecified atom stereocenters. The van der Waals surface area contributed by atoms with E-state index < -0.39 is 0 Å². The van der Waals surface area contributed by atoms with Gasteiger partial charge in [0.1, 0.15) is 12.4 Å². The predicted molar refractivity (Wildman–Crippen MR) is 114 cm³/mol. The zero-order valence-electron chi connectivity index (χ0n) is 16.7. The van der Waals surface area contributed by atoms with Crippen molar-refractivity contribution < 1.29 is 14.7 Å². The monoisotopic (exact) mass is 389 g/mol. The number of benzene rings is 3. The molecule has 29 heavy (non-hydrogen) atoms. The lowest BCUT2D eigenvalue weighted by molar-refractivity contribution is -0.175. The van der Waals surface area contributed by atoms with Crippen LogP contribution in [0.1, 0.15) is 30.0 Å². The molecule has 3 aromatic rings. The Morgan fingerprint density at radius 3 is 2.03 bits per heavy atom. The van der Waals surface area contributed by atoms with Crippen molar-refractivity contribution in [3.63, 3.8) is 0 Å². The number of ether oxygens (including phenoxy) is 1. The Kier molecular flexibility index (Phi) is 7.42. The van der Waals surface area contributed by atoms with Crippen LogP contribution in [-0.4, -0.2) is 22.2 Å². The van der Waals surface area contributed by atoms with Gasteiger partial charge in [-0.1, -0.05) is 79.7 Å².